The van der Waals surface area contributed by atoms with Crippen LogP contribution in [0.15, 0.2) is 47.8 Å². The van der Waals surface area contributed by atoms with Crippen LogP contribution in [-0.2, 0) is 6.61 Å². The minimum Gasteiger partial charge on any atom is -0.497 e. The molecule has 0 bridgehead atoms. The van der Waals surface area contributed by atoms with Gasteiger partial charge in [0.05, 0.1) is 14.2 Å². The van der Waals surface area contributed by atoms with Crippen LogP contribution < -0.4 is 19.5 Å². The number of benzene rings is 2. The van der Waals surface area contributed by atoms with E-state index in [0.29, 0.717) is 29.5 Å². The smallest absolute Gasteiger partial charge is 0.275 e. The molecule has 2 aromatic carbocycles. The summed E-state index contributed by atoms with van der Waals surface area (Å²) in [6.07, 6.45) is 0. The molecule has 3 rings (SSSR count). The van der Waals surface area contributed by atoms with Gasteiger partial charge >= 0.3 is 0 Å². The molecule has 1 aromatic heterocycles. The first-order chi connectivity index (χ1) is 13.1. The predicted octanol–water partition coefficient (Wildman–Crippen LogP) is 4.30. The van der Waals surface area contributed by atoms with Crippen LogP contribution in [0.4, 0.5) is 5.69 Å². The summed E-state index contributed by atoms with van der Waals surface area (Å²) in [5.74, 6) is 1.65. The number of aromatic nitrogens is 1. The Morgan fingerprint density at radius 2 is 1.70 bits per heavy atom. The zero-order chi connectivity index (χ0) is 19.2. The van der Waals surface area contributed by atoms with Gasteiger partial charge in [-0.2, -0.15) is 0 Å². The van der Waals surface area contributed by atoms with E-state index in [4.69, 9.17) is 14.2 Å². The molecule has 1 heterocycles. The van der Waals surface area contributed by atoms with Crippen molar-refractivity contribution in [1.29, 1.82) is 0 Å². The summed E-state index contributed by atoms with van der Waals surface area (Å²) in [6.45, 7) is 2.33. The summed E-state index contributed by atoms with van der Waals surface area (Å²) in [4.78, 5) is 16.8. The molecule has 0 saturated heterocycles. The van der Waals surface area contributed by atoms with Crippen LogP contribution in [0.25, 0.3) is 0 Å². The van der Waals surface area contributed by atoms with Crippen molar-refractivity contribution < 1.29 is 19.0 Å². The maximum atomic E-state index is 12.4. The van der Waals surface area contributed by atoms with Crippen LogP contribution in [0.5, 0.6) is 17.2 Å². The Kier molecular flexibility index (Phi) is 5.93. The lowest BCUT2D eigenvalue weighted by Crippen LogP contribution is -2.12. The number of hydrogen-bond donors (Lipinski definition) is 1. The van der Waals surface area contributed by atoms with Crippen molar-refractivity contribution in [2.75, 3.05) is 19.5 Å². The highest BCUT2D eigenvalue weighted by Gasteiger charge is 2.13. The highest BCUT2D eigenvalue weighted by molar-refractivity contribution is 7.09. The molecule has 0 spiro atoms. The van der Waals surface area contributed by atoms with Gasteiger partial charge in [-0.15, -0.1) is 11.3 Å². The predicted molar refractivity (Wildman–Crippen MR) is 105 cm³/mol. The third-order valence-corrected chi connectivity index (χ3v) is 4.60. The lowest BCUT2D eigenvalue weighted by Gasteiger charge is -2.09. The highest BCUT2D eigenvalue weighted by Crippen LogP contribution is 2.26. The molecule has 27 heavy (non-hydrogen) atoms. The van der Waals surface area contributed by atoms with Crippen molar-refractivity contribution in [3.8, 4) is 17.2 Å². The van der Waals surface area contributed by atoms with E-state index in [9.17, 15) is 4.79 Å². The molecule has 7 heteroatoms. The first-order valence-electron chi connectivity index (χ1n) is 8.25. The Hall–Kier alpha value is -3.06. The second-order valence-electron chi connectivity index (χ2n) is 5.78. The SMILES string of the molecule is COc1cc(NC(=O)c2csc(COc3ccc(C)cc3)n2)cc(OC)c1. The number of methoxy groups -OCH3 is 2. The molecular formula is C20H20N2O4S. The van der Waals surface area contributed by atoms with E-state index >= 15 is 0 Å². The topological polar surface area (TPSA) is 69.7 Å². The number of carbonyl (C=O) groups is 1. The largest absolute Gasteiger partial charge is 0.497 e. The van der Waals surface area contributed by atoms with E-state index in [-0.39, 0.29) is 5.91 Å². The number of rotatable bonds is 7. The normalized spacial score (nSPS) is 10.3. The van der Waals surface area contributed by atoms with Gasteiger partial charge in [0.15, 0.2) is 0 Å². The van der Waals surface area contributed by atoms with Crippen molar-refractivity contribution in [2.24, 2.45) is 0 Å². The van der Waals surface area contributed by atoms with Gasteiger partial charge in [-0.05, 0) is 19.1 Å². The molecule has 3 aromatic rings. The summed E-state index contributed by atoms with van der Waals surface area (Å²) in [6, 6.07) is 13.0. The van der Waals surface area contributed by atoms with Crippen LogP contribution in [0.2, 0.25) is 0 Å². The maximum Gasteiger partial charge on any atom is 0.275 e. The third kappa shape index (κ3) is 4.98. The van der Waals surface area contributed by atoms with Gasteiger partial charge in [0.1, 0.15) is 34.6 Å². The van der Waals surface area contributed by atoms with Gasteiger partial charge in [0, 0.05) is 29.3 Å². The molecule has 1 amide bonds. The number of amides is 1. The van der Waals surface area contributed by atoms with Gasteiger partial charge in [0.2, 0.25) is 0 Å². The van der Waals surface area contributed by atoms with E-state index in [1.807, 2.05) is 31.2 Å². The summed E-state index contributed by atoms with van der Waals surface area (Å²) < 4.78 is 16.1. The average molecular weight is 384 g/mol. The molecule has 0 aliphatic carbocycles. The Labute approximate surface area is 161 Å². The summed E-state index contributed by atoms with van der Waals surface area (Å²) >= 11 is 1.38. The lowest BCUT2D eigenvalue weighted by atomic mass is 10.2. The Balaban J connectivity index is 1.63. The first kappa shape index (κ1) is 18.7. The van der Waals surface area contributed by atoms with E-state index in [1.54, 1.807) is 37.8 Å². The number of thiazole rings is 1. The van der Waals surface area contributed by atoms with Crippen molar-refractivity contribution in [2.45, 2.75) is 13.5 Å². The number of carbonyl (C=O) groups excluding carboxylic acids is 1. The quantitative estimate of drug-likeness (QED) is 0.658. The van der Waals surface area contributed by atoms with Gasteiger partial charge in [-0.3, -0.25) is 4.79 Å². The monoisotopic (exact) mass is 384 g/mol. The number of ether oxygens (including phenoxy) is 3. The molecule has 0 unspecified atom stereocenters. The van der Waals surface area contributed by atoms with Crippen molar-refractivity contribution >= 4 is 22.9 Å². The van der Waals surface area contributed by atoms with Crippen LogP contribution in [0.3, 0.4) is 0 Å². The van der Waals surface area contributed by atoms with Crippen LogP contribution in [-0.4, -0.2) is 25.1 Å². The van der Waals surface area contributed by atoms with E-state index in [0.717, 1.165) is 10.8 Å². The third-order valence-electron chi connectivity index (χ3n) is 3.78. The summed E-state index contributed by atoms with van der Waals surface area (Å²) in [5.41, 5.74) is 2.08. The van der Waals surface area contributed by atoms with Gasteiger partial charge < -0.3 is 19.5 Å². The fourth-order valence-corrected chi connectivity index (χ4v) is 3.02. The number of anilines is 1. The van der Waals surface area contributed by atoms with E-state index in [2.05, 4.69) is 10.3 Å². The minimum absolute atomic E-state index is 0.303. The molecule has 0 aliphatic rings. The second kappa shape index (κ2) is 8.55. The minimum atomic E-state index is -0.303. The Morgan fingerprint density at radius 3 is 2.33 bits per heavy atom. The van der Waals surface area contributed by atoms with Crippen molar-refractivity contribution in [3.63, 3.8) is 0 Å². The second-order valence-corrected chi connectivity index (χ2v) is 6.73. The van der Waals surface area contributed by atoms with E-state index < -0.39 is 0 Å². The van der Waals surface area contributed by atoms with Crippen LogP contribution in [0.1, 0.15) is 21.1 Å². The number of nitrogens with zero attached hydrogens (tertiary/aromatic N) is 1. The van der Waals surface area contributed by atoms with Crippen molar-refractivity contribution in [3.05, 3.63) is 64.1 Å². The summed E-state index contributed by atoms with van der Waals surface area (Å²) in [5, 5.41) is 5.24. The fraction of sp³-hybridized carbons (Fsp3) is 0.200. The molecule has 0 aliphatic heterocycles. The van der Waals surface area contributed by atoms with Gasteiger partial charge in [-0.25, -0.2) is 4.98 Å². The average Bonchev–Trinajstić information content (AvgIpc) is 3.16. The molecule has 0 atom stereocenters. The maximum absolute atomic E-state index is 12.4. The molecule has 6 nitrogen and oxygen atoms in total. The zero-order valence-corrected chi connectivity index (χ0v) is 16.1. The summed E-state index contributed by atoms with van der Waals surface area (Å²) in [7, 11) is 3.11. The van der Waals surface area contributed by atoms with Gasteiger partial charge in [-0.1, -0.05) is 17.7 Å². The number of nitrogens with one attached hydrogen (secondary N) is 1. The Morgan fingerprint density at radius 1 is 1.04 bits per heavy atom. The number of aryl methyl sites for hydroxylation is 1. The molecule has 0 fully saturated rings. The van der Waals surface area contributed by atoms with E-state index in [1.165, 1.54) is 16.9 Å². The highest BCUT2D eigenvalue weighted by atomic mass is 32.1. The molecule has 0 radical (unpaired) electrons. The zero-order valence-electron chi connectivity index (χ0n) is 15.3. The molecule has 1 N–H and O–H groups in total. The van der Waals surface area contributed by atoms with Crippen LogP contribution >= 0.6 is 11.3 Å². The fourth-order valence-electron chi connectivity index (χ4n) is 2.34. The first-order valence-corrected chi connectivity index (χ1v) is 9.13. The Bertz CT molecular complexity index is 900. The molecule has 140 valence electrons. The molecule has 0 saturated carbocycles. The van der Waals surface area contributed by atoms with Gasteiger partial charge in [0.25, 0.3) is 5.91 Å². The molecular weight excluding hydrogens is 364 g/mol. The van der Waals surface area contributed by atoms with Crippen LogP contribution in [0, 0.1) is 6.92 Å². The number of hydrogen-bond acceptors (Lipinski definition) is 6. The van der Waals surface area contributed by atoms with Crippen molar-refractivity contribution in [1.82, 2.24) is 4.98 Å². The standard InChI is InChI=1S/C20H20N2O4S/c1-13-4-6-15(7-5-13)26-11-19-22-18(12-27-19)20(23)21-14-8-16(24-2)10-17(9-14)25-3/h4-10,12H,11H2,1-3H3,(H,21,23). The lowest BCUT2D eigenvalue weighted by molar-refractivity contribution is 0.102.